The topological polar surface area (TPSA) is 118 Å². The highest BCUT2D eigenvalue weighted by molar-refractivity contribution is 7.89. The number of nitrogens with two attached hydrogens (primary N) is 1. The molecule has 3 N–H and O–H groups in total. The van der Waals surface area contributed by atoms with Crippen LogP contribution >= 0.6 is 11.3 Å². The van der Waals surface area contributed by atoms with Crippen molar-refractivity contribution in [2.75, 3.05) is 6.54 Å². The summed E-state index contributed by atoms with van der Waals surface area (Å²) < 4.78 is 28.6. The van der Waals surface area contributed by atoms with Crippen molar-refractivity contribution in [2.45, 2.75) is 37.2 Å². The second-order valence-electron chi connectivity index (χ2n) is 7.65. The van der Waals surface area contributed by atoms with Crippen LogP contribution in [0.2, 0.25) is 0 Å². The van der Waals surface area contributed by atoms with Crippen LogP contribution in [-0.4, -0.2) is 31.6 Å². The molecule has 0 aliphatic carbocycles. The Morgan fingerprint density at radius 1 is 1.28 bits per heavy atom. The fourth-order valence-corrected chi connectivity index (χ4v) is 4.89. The van der Waals surface area contributed by atoms with Crippen LogP contribution in [-0.2, 0) is 14.8 Å². The van der Waals surface area contributed by atoms with E-state index >= 15 is 0 Å². The molecule has 2 aromatic heterocycles. The van der Waals surface area contributed by atoms with Gasteiger partial charge in [-0.15, -0.1) is 11.3 Å². The molecule has 1 aliphatic heterocycles. The summed E-state index contributed by atoms with van der Waals surface area (Å²) >= 11 is 1.59. The standard InChI is InChI=1S/C22H24N4O4S2/c1-14-5-10-20(30-14)18-12-19(21-4-3-11-31-21)26(25-18)22(27)13-24-15(2)16-6-8-17(9-7-16)32(23,28)29/h3-11,15,19,24H,12-13H2,1-2H3,(H2,23,28,29). The minimum absolute atomic E-state index is 0.0513. The van der Waals surface area contributed by atoms with Crippen LogP contribution in [0.3, 0.4) is 0 Å². The number of hydrazone groups is 1. The van der Waals surface area contributed by atoms with Gasteiger partial charge in [0.1, 0.15) is 17.2 Å². The molecule has 1 amide bonds. The van der Waals surface area contributed by atoms with E-state index in [0.717, 1.165) is 21.9 Å². The molecule has 0 spiro atoms. The number of rotatable bonds is 7. The van der Waals surface area contributed by atoms with Gasteiger partial charge in [0.2, 0.25) is 10.0 Å². The first-order chi connectivity index (χ1) is 15.2. The van der Waals surface area contributed by atoms with Crippen molar-refractivity contribution in [3.05, 3.63) is 75.9 Å². The molecule has 3 heterocycles. The van der Waals surface area contributed by atoms with Crippen LogP contribution in [0, 0.1) is 6.92 Å². The second kappa shape index (κ2) is 8.99. The van der Waals surface area contributed by atoms with E-state index in [0.29, 0.717) is 12.2 Å². The van der Waals surface area contributed by atoms with Crippen LogP contribution in [0.25, 0.3) is 0 Å². The number of carbonyl (C=O) groups excluding carboxylic acids is 1. The largest absolute Gasteiger partial charge is 0.460 e. The number of benzene rings is 1. The number of primary sulfonamides is 1. The van der Waals surface area contributed by atoms with E-state index in [4.69, 9.17) is 9.56 Å². The lowest BCUT2D eigenvalue weighted by Crippen LogP contribution is -2.36. The summed E-state index contributed by atoms with van der Waals surface area (Å²) in [4.78, 5) is 14.2. The summed E-state index contributed by atoms with van der Waals surface area (Å²) in [5, 5.41) is 16.5. The van der Waals surface area contributed by atoms with Crippen molar-refractivity contribution in [3.63, 3.8) is 0 Å². The molecule has 2 unspecified atom stereocenters. The highest BCUT2D eigenvalue weighted by atomic mass is 32.2. The predicted octanol–water partition coefficient (Wildman–Crippen LogP) is 3.33. The van der Waals surface area contributed by atoms with Gasteiger partial charge in [-0.3, -0.25) is 4.79 Å². The molecule has 0 saturated heterocycles. The monoisotopic (exact) mass is 472 g/mol. The van der Waals surface area contributed by atoms with Crippen molar-refractivity contribution in [3.8, 4) is 0 Å². The van der Waals surface area contributed by atoms with Crippen molar-refractivity contribution in [1.29, 1.82) is 0 Å². The molecule has 0 bridgehead atoms. The van der Waals surface area contributed by atoms with Gasteiger partial charge in [-0.1, -0.05) is 18.2 Å². The number of thiophene rings is 1. The molecule has 168 valence electrons. The summed E-state index contributed by atoms with van der Waals surface area (Å²) in [7, 11) is -3.74. The van der Waals surface area contributed by atoms with Gasteiger partial charge in [-0.2, -0.15) is 5.10 Å². The zero-order valence-corrected chi connectivity index (χ0v) is 19.3. The lowest BCUT2D eigenvalue weighted by Gasteiger charge is -2.22. The Balaban J connectivity index is 1.47. The summed E-state index contributed by atoms with van der Waals surface area (Å²) in [6.45, 7) is 3.85. The van der Waals surface area contributed by atoms with Crippen LogP contribution in [0.1, 0.15) is 47.4 Å². The number of nitrogens with zero attached hydrogens (tertiary/aromatic N) is 2. The third-order valence-corrected chi connectivity index (χ3v) is 7.23. The average molecular weight is 473 g/mol. The molecule has 32 heavy (non-hydrogen) atoms. The first-order valence-electron chi connectivity index (χ1n) is 10.1. The van der Waals surface area contributed by atoms with Gasteiger partial charge in [0.25, 0.3) is 5.91 Å². The van der Waals surface area contributed by atoms with Crippen LogP contribution < -0.4 is 10.5 Å². The van der Waals surface area contributed by atoms with E-state index < -0.39 is 10.0 Å². The van der Waals surface area contributed by atoms with Gasteiger partial charge in [0, 0.05) is 17.3 Å². The van der Waals surface area contributed by atoms with E-state index in [1.165, 1.54) is 17.1 Å². The van der Waals surface area contributed by atoms with Crippen molar-refractivity contribution in [2.24, 2.45) is 10.2 Å². The Morgan fingerprint density at radius 3 is 2.62 bits per heavy atom. The molecule has 4 rings (SSSR count). The maximum atomic E-state index is 13.1. The predicted molar refractivity (Wildman–Crippen MR) is 123 cm³/mol. The molecule has 8 nitrogen and oxygen atoms in total. The van der Waals surface area contributed by atoms with E-state index in [2.05, 4.69) is 10.4 Å². The number of amides is 1. The van der Waals surface area contributed by atoms with Crippen LogP contribution in [0.5, 0.6) is 0 Å². The summed E-state index contributed by atoms with van der Waals surface area (Å²) in [5.41, 5.74) is 1.59. The van der Waals surface area contributed by atoms with Gasteiger partial charge in [-0.05, 0) is 55.1 Å². The Hall–Kier alpha value is -2.79. The Morgan fingerprint density at radius 2 is 2.03 bits per heavy atom. The second-order valence-corrected chi connectivity index (χ2v) is 10.2. The van der Waals surface area contributed by atoms with Gasteiger partial charge >= 0.3 is 0 Å². The zero-order chi connectivity index (χ0) is 22.9. The summed E-state index contributed by atoms with van der Waals surface area (Å²) in [6.07, 6.45) is 0.587. The molecular weight excluding hydrogens is 448 g/mol. The van der Waals surface area contributed by atoms with Crippen molar-refractivity contribution < 1.29 is 17.6 Å². The Kier molecular flexibility index (Phi) is 6.29. The molecule has 1 aromatic carbocycles. The van der Waals surface area contributed by atoms with Crippen LogP contribution in [0.15, 0.2) is 68.3 Å². The molecule has 10 heteroatoms. The average Bonchev–Trinajstić information content (AvgIpc) is 3.51. The van der Waals surface area contributed by atoms with Gasteiger partial charge in [-0.25, -0.2) is 18.6 Å². The Labute approximate surface area is 190 Å². The van der Waals surface area contributed by atoms with Crippen molar-refractivity contribution >= 4 is 33.0 Å². The lowest BCUT2D eigenvalue weighted by molar-refractivity contribution is -0.132. The highest BCUT2D eigenvalue weighted by Crippen LogP contribution is 2.35. The normalized spacial score (nSPS) is 17.4. The summed E-state index contributed by atoms with van der Waals surface area (Å²) in [5.74, 6) is 1.31. The molecule has 2 atom stereocenters. The Bertz CT molecular complexity index is 1230. The lowest BCUT2D eigenvalue weighted by atomic mass is 10.1. The SMILES string of the molecule is Cc1ccc(C2=NN(C(=O)CNC(C)c3ccc(S(N)(=O)=O)cc3)C(c3cccs3)C2)o1. The molecule has 3 aromatic rings. The number of aryl methyl sites for hydroxylation is 1. The van der Waals surface area contributed by atoms with E-state index in [-0.39, 0.29) is 29.4 Å². The van der Waals surface area contributed by atoms with E-state index in [1.807, 2.05) is 43.5 Å². The summed E-state index contributed by atoms with van der Waals surface area (Å²) in [6, 6.07) is 13.7. The third kappa shape index (κ3) is 4.83. The maximum absolute atomic E-state index is 13.1. The minimum atomic E-state index is -3.74. The molecule has 0 radical (unpaired) electrons. The van der Waals surface area contributed by atoms with Gasteiger partial charge < -0.3 is 9.73 Å². The number of furan rings is 1. The fourth-order valence-electron chi connectivity index (χ4n) is 3.57. The van der Waals surface area contributed by atoms with Gasteiger partial charge in [0.05, 0.1) is 17.5 Å². The van der Waals surface area contributed by atoms with Crippen molar-refractivity contribution in [1.82, 2.24) is 10.3 Å². The number of carbonyl (C=O) groups is 1. The first kappa shape index (κ1) is 22.4. The quantitative estimate of drug-likeness (QED) is 0.547. The molecule has 1 aliphatic rings. The maximum Gasteiger partial charge on any atom is 0.257 e. The molecule has 0 saturated carbocycles. The van der Waals surface area contributed by atoms with E-state index in [1.54, 1.807) is 23.5 Å². The number of nitrogens with one attached hydrogen (secondary N) is 1. The zero-order valence-electron chi connectivity index (χ0n) is 17.7. The minimum Gasteiger partial charge on any atom is -0.460 e. The molecular formula is C22H24N4O4S2. The first-order valence-corrected chi connectivity index (χ1v) is 12.5. The highest BCUT2D eigenvalue weighted by Gasteiger charge is 2.34. The molecule has 0 fully saturated rings. The van der Waals surface area contributed by atoms with Gasteiger partial charge in [0.15, 0.2) is 0 Å². The number of hydrogen-bond acceptors (Lipinski definition) is 7. The smallest absolute Gasteiger partial charge is 0.257 e. The van der Waals surface area contributed by atoms with E-state index in [9.17, 15) is 13.2 Å². The third-order valence-electron chi connectivity index (χ3n) is 5.33. The fraction of sp³-hybridized carbons (Fsp3) is 0.273. The number of hydrogen-bond donors (Lipinski definition) is 2. The number of sulfonamides is 1. The van der Waals surface area contributed by atoms with Crippen LogP contribution in [0.4, 0.5) is 0 Å².